The third-order valence-corrected chi connectivity index (χ3v) is 3.09. The summed E-state index contributed by atoms with van der Waals surface area (Å²) in [4.78, 5) is 11.3. The second-order valence-electron chi connectivity index (χ2n) is 4.57. The van der Waals surface area contributed by atoms with Crippen LogP contribution in [0, 0.1) is 0 Å². The van der Waals surface area contributed by atoms with Crippen molar-refractivity contribution >= 4 is 5.78 Å². The standard InChI is InChI=1S/C10H16O5/c1-6-5-10(12)9(4,13-6)14-8(3,15-10)7(2)11/h6,12H,5H2,1-4H3/t6-,8+,9-,10-/m0/s1. The highest BCUT2D eigenvalue weighted by atomic mass is 16.9. The first-order chi connectivity index (χ1) is 6.71. The summed E-state index contributed by atoms with van der Waals surface area (Å²) in [6.07, 6.45) is 0.142. The van der Waals surface area contributed by atoms with E-state index in [1.54, 1.807) is 6.92 Å². The van der Waals surface area contributed by atoms with Crippen molar-refractivity contribution < 1.29 is 24.1 Å². The van der Waals surface area contributed by atoms with Crippen LogP contribution >= 0.6 is 0 Å². The topological polar surface area (TPSA) is 65.0 Å². The number of Topliss-reactive ketones (excluding diaryl/α,β-unsaturated/α-hetero) is 1. The molecule has 1 N–H and O–H groups in total. The van der Waals surface area contributed by atoms with Gasteiger partial charge in [-0.15, -0.1) is 0 Å². The fourth-order valence-corrected chi connectivity index (χ4v) is 2.19. The number of ketones is 1. The number of ether oxygens (including phenoxy) is 3. The first-order valence-corrected chi connectivity index (χ1v) is 5.02. The molecular weight excluding hydrogens is 200 g/mol. The minimum Gasteiger partial charge on any atom is -0.361 e. The van der Waals surface area contributed by atoms with Crippen molar-refractivity contribution in [2.45, 2.75) is 57.6 Å². The quantitative estimate of drug-likeness (QED) is 0.693. The van der Waals surface area contributed by atoms with Crippen LogP contribution in [0.3, 0.4) is 0 Å². The summed E-state index contributed by atoms with van der Waals surface area (Å²) in [5, 5.41) is 10.2. The first kappa shape index (κ1) is 11.0. The van der Waals surface area contributed by atoms with Gasteiger partial charge in [0.2, 0.25) is 17.4 Å². The number of carbonyl (C=O) groups is 1. The van der Waals surface area contributed by atoms with Crippen molar-refractivity contribution in [2.24, 2.45) is 0 Å². The van der Waals surface area contributed by atoms with Gasteiger partial charge in [0, 0.05) is 13.3 Å². The van der Waals surface area contributed by atoms with Crippen molar-refractivity contribution in [2.75, 3.05) is 0 Å². The van der Waals surface area contributed by atoms with Crippen LogP contribution in [0.1, 0.15) is 34.1 Å². The molecule has 2 aliphatic heterocycles. The number of aliphatic hydroxyl groups is 1. The molecule has 0 aromatic heterocycles. The van der Waals surface area contributed by atoms with Crippen LogP contribution in [0.4, 0.5) is 0 Å². The zero-order valence-corrected chi connectivity index (χ0v) is 9.36. The molecule has 0 saturated carbocycles. The zero-order valence-electron chi connectivity index (χ0n) is 9.36. The summed E-state index contributed by atoms with van der Waals surface area (Å²) in [5.74, 6) is -4.49. The number of fused-ring (bicyclic) bond motifs is 1. The number of hydrogen-bond acceptors (Lipinski definition) is 5. The lowest BCUT2D eigenvalue weighted by molar-refractivity contribution is -0.260. The molecule has 0 amide bonds. The van der Waals surface area contributed by atoms with Crippen LogP contribution in [0.15, 0.2) is 0 Å². The summed E-state index contributed by atoms with van der Waals surface area (Å²) < 4.78 is 16.3. The Bertz CT molecular complexity index is 295. The second-order valence-corrected chi connectivity index (χ2v) is 4.57. The molecule has 15 heavy (non-hydrogen) atoms. The van der Waals surface area contributed by atoms with Gasteiger partial charge in [-0.25, -0.2) is 0 Å². The Balaban J connectivity index is 2.32. The summed E-state index contributed by atoms with van der Waals surface area (Å²) in [6, 6.07) is 0. The van der Waals surface area contributed by atoms with Gasteiger partial charge in [-0.1, -0.05) is 0 Å². The maximum absolute atomic E-state index is 11.3. The van der Waals surface area contributed by atoms with E-state index in [1.165, 1.54) is 13.8 Å². The highest BCUT2D eigenvalue weighted by Crippen LogP contribution is 2.51. The van der Waals surface area contributed by atoms with Gasteiger partial charge in [0.05, 0.1) is 6.10 Å². The van der Waals surface area contributed by atoms with Crippen molar-refractivity contribution in [1.29, 1.82) is 0 Å². The molecule has 4 atom stereocenters. The molecule has 2 aliphatic rings. The largest absolute Gasteiger partial charge is 0.361 e. The first-order valence-electron chi connectivity index (χ1n) is 5.02. The molecule has 5 heteroatoms. The van der Waals surface area contributed by atoms with Crippen molar-refractivity contribution in [3.63, 3.8) is 0 Å². The molecule has 0 aliphatic carbocycles. The van der Waals surface area contributed by atoms with E-state index in [1.807, 2.05) is 6.92 Å². The fourth-order valence-electron chi connectivity index (χ4n) is 2.19. The van der Waals surface area contributed by atoms with Gasteiger partial charge < -0.3 is 19.3 Å². The monoisotopic (exact) mass is 216 g/mol. The van der Waals surface area contributed by atoms with E-state index in [2.05, 4.69) is 0 Å². The molecule has 0 unspecified atom stereocenters. The van der Waals surface area contributed by atoms with E-state index >= 15 is 0 Å². The summed E-state index contributed by atoms with van der Waals surface area (Å²) in [7, 11) is 0. The molecule has 0 spiro atoms. The summed E-state index contributed by atoms with van der Waals surface area (Å²) in [5.41, 5.74) is 0. The Morgan fingerprint density at radius 1 is 1.40 bits per heavy atom. The highest BCUT2D eigenvalue weighted by molar-refractivity contribution is 5.83. The second kappa shape index (κ2) is 2.79. The number of rotatable bonds is 1. The van der Waals surface area contributed by atoms with Gasteiger partial charge >= 0.3 is 0 Å². The van der Waals surface area contributed by atoms with Gasteiger partial charge in [-0.3, -0.25) is 4.79 Å². The molecule has 2 rings (SSSR count). The van der Waals surface area contributed by atoms with Gasteiger partial charge in [0.1, 0.15) is 0 Å². The molecule has 5 nitrogen and oxygen atoms in total. The summed E-state index contributed by atoms with van der Waals surface area (Å²) >= 11 is 0. The van der Waals surface area contributed by atoms with Gasteiger partial charge in [0.15, 0.2) is 5.78 Å². The fraction of sp³-hybridized carbons (Fsp3) is 0.900. The Kier molecular flexibility index (Phi) is 2.05. The molecule has 0 bridgehead atoms. The smallest absolute Gasteiger partial charge is 0.231 e. The molecule has 0 aromatic carbocycles. The average Bonchev–Trinajstić information content (AvgIpc) is 2.29. The van der Waals surface area contributed by atoms with Crippen LogP contribution < -0.4 is 0 Å². The lowest BCUT2D eigenvalue weighted by atomic mass is 10.1. The third kappa shape index (κ3) is 1.34. The van der Waals surface area contributed by atoms with E-state index in [4.69, 9.17) is 14.2 Å². The van der Waals surface area contributed by atoms with Crippen molar-refractivity contribution in [3.05, 3.63) is 0 Å². The molecule has 0 radical (unpaired) electrons. The van der Waals surface area contributed by atoms with Crippen LogP contribution in [0.5, 0.6) is 0 Å². The van der Waals surface area contributed by atoms with Crippen LogP contribution in [0.2, 0.25) is 0 Å². The van der Waals surface area contributed by atoms with Crippen molar-refractivity contribution in [3.8, 4) is 0 Å². The highest BCUT2D eigenvalue weighted by Gasteiger charge is 2.69. The van der Waals surface area contributed by atoms with Gasteiger partial charge in [0.25, 0.3) is 0 Å². The van der Waals surface area contributed by atoms with Crippen LogP contribution in [-0.4, -0.2) is 34.4 Å². The molecule has 2 fully saturated rings. The third-order valence-electron chi connectivity index (χ3n) is 3.09. The Morgan fingerprint density at radius 3 is 2.47 bits per heavy atom. The molecule has 2 saturated heterocycles. The Morgan fingerprint density at radius 2 is 2.00 bits per heavy atom. The maximum Gasteiger partial charge on any atom is 0.231 e. The summed E-state index contributed by atoms with van der Waals surface area (Å²) in [6.45, 7) is 6.26. The van der Waals surface area contributed by atoms with E-state index in [-0.39, 0.29) is 11.9 Å². The van der Waals surface area contributed by atoms with Gasteiger partial charge in [-0.05, 0) is 20.8 Å². The van der Waals surface area contributed by atoms with E-state index in [0.29, 0.717) is 6.42 Å². The number of carbonyl (C=O) groups excluding carboxylic acids is 1. The van der Waals surface area contributed by atoms with Crippen molar-refractivity contribution in [1.82, 2.24) is 0 Å². The molecule has 0 aromatic rings. The lowest BCUT2D eigenvalue weighted by Crippen LogP contribution is -2.45. The van der Waals surface area contributed by atoms with E-state index in [0.717, 1.165) is 0 Å². The van der Waals surface area contributed by atoms with E-state index in [9.17, 15) is 9.90 Å². The Hall–Kier alpha value is -0.490. The predicted molar refractivity (Wildman–Crippen MR) is 49.8 cm³/mol. The van der Waals surface area contributed by atoms with Gasteiger partial charge in [-0.2, -0.15) is 0 Å². The minimum absolute atomic E-state index is 0.156. The van der Waals surface area contributed by atoms with E-state index < -0.39 is 17.4 Å². The van der Waals surface area contributed by atoms with Crippen LogP contribution in [0.25, 0.3) is 0 Å². The molecule has 86 valence electrons. The maximum atomic E-state index is 11.3. The molecule has 2 heterocycles. The average molecular weight is 216 g/mol. The predicted octanol–water partition coefficient (Wildman–Crippen LogP) is 0.552. The SMILES string of the molecule is CC(=O)[C@]1(C)O[C@]2(C)O[C@@H](C)C[C@]2(O)O1. The normalized spacial score (nSPS) is 54.3. The zero-order chi connectivity index (χ0) is 11.5. The number of hydrogen-bond donors (Lipinski definition) is 1. The Labute approximate surface area is 88.3 Å². The van der Waals surface area contributed by atoms with Crippen LogP contribution in [-0.2, 0) is 19.0 Å². The molecular formula is C10H16O5. The minimum atomic E-state index is -1.53. The lowest BCUT2D eigenvalue weighted by Gasteiger charge is -2.26.